The normalized spacial score (nSPS) is 11.3. The van der Waals surface area contributed by atoms with Crippen molar-refractivity contribution in [3.8, 4) is 5.75 Å². The number of ether oxygens (including phenoxy) is 1. The number of hydrogen-bond donors (Lipinski definition) is 1. The molecule has 0 aliphatic carbocycles. The number of carbonyl (C=O) groups excluding carboxylic acids is 1. The van der Waals surface area contributed by atoms with Crippen LogP contribution in [-0.4, -0.2) is 29.7 Å². The predicted octanol–water partition coefficient (Wildman–Crippen LogP) is 2.35. The SMILES string of the molecule is COc1ccc(C(=O)NCCc2noc(C(C)(C)C)n2)cc1. The second kappa shape index (κ2) is 6.60. The Hall–Kier alpha value is -2.37. The molecule has 0 unspecified atom stereocenters. The molecule has 0 bridgehead atoms. The Labute approximate surface area is 129 Å². The van der Waals surface area contributed by atoms with Gasteiger partial charge >= 0.3 is 0 Å². The number of methoxy groups -OCH3 is 1. The van der Waals surface area contributed by atoms with Crippen LogP contribution in [0.5, 0.6) is 5.75 Å². The highest BCUT2D eigenvalue weighted by Gasteiger charge is 2.21. The topological polar surface area (TPSA) is 77.2 Å². The molecule has 0 fully saturated rings. The Balaban J connectivity index is 1.85. The fourth-order valence-electron chi connectivity index (χ4n) is 1.79. The number of benzene rings is 1. The molecule has 1 amide bonds. The molecule has 1 aromatic heterocycles. The van der Waals surface area contributed by atoms with E-state index >= 15 is 0 Å². The Morgan fingerprint density at radius 2 is 1.95 bits per heavy atom. The van der Waals surface area contributed by atoms with Crippen LogP contribution in [0.2, 0.25) is 0 Å². The summed E-state index contributed by atoms with van der Waals surface area (Å²) in [7, 11) is 1.59. The predicted molar refractivity (Wildman–Crippen MR) is 82.0 cm³/mol. The summed E-state index contributed by atoms with van der Waals surface area (Å²) in [6.07, 6.45) is 0.529. The summed E-state index contributed by atoms with van der Waals surface area (Å²) in [5.74, 6) is 1.78. The summed E-state index contributed by atoms with van der Waals surface area (Å²) in [4.78, 5) is 16.3. The van der Waals surface area contributed by atoms with E-state index in [9.17, 15) is 4.79 Å². The summed E-state index contributed by atoms with van der Waals surface area (Å²) < 4.78 is 10.3. The Bertz CT molecular complexity index is 627. The quantitative estimate of drug-likeness (QED) is 0.917. The minimum Gasteiger partial charge on any atom is -0.497 e. The van der Waals surface area contributed by atoms with Crippen LogP contribution in [0.3, 0.4) is 0 Å². The lowest BCUT2D eigenvalue weighted by Gasteiger charge is -2.10. The van der Waals surface area contributed by atoms with Crippen molar-refractivity contribution >= 4 is 5.91 Å². The van der Waals surface area contributed by atoms with Gasteiger partial charge < -0.3 is 14.6 Å². The smallest absolute Gasteiger partial charge is 0.251 e. The second-order valence-corrected chi connectivity index (χ2v) is 6.00. The molecule has 6 nitrogen and oxygen atoms in total. The van der Waals surface area contributed by atoms with Gasteiger partial charge in [-0.2, -0.15) is 4.98 Å². The second-order valence-electron chi connectivity index (χ2n) is 6.00. The van der Waals surface area contributed by atoms with Gasteiger partial charge in [-0.15, -0.1) is 0 Å². The molecule has 0 aliphatic heterocycles. The first-order valence-electron chi connectivity index (χ1n) is 7.15. The van der Waals surface area contributed by atoms with E-state index in [4.69, 9.17) is 9.26 Å². The third-order valence-electron chi connectivity index (χ3n) is 3.10. The molecule has 118 valence electrons. The fourth-order valence-corrected chi connectivity index (χ4v) is 1.79. The first kappa shape index (κ1) is 16.0. The van der Waals surface area contributed by atoms with Gasteiger partial charge in [-0.1, -0.05) is 25.9 Å². The lowest BCUT2D eigenvalue weighted by Crippen LogP contribution is -2.25. The highest BCUT2D eigenvalue weighted by molar-refractivity contribution is 5.94. The maximum atomic E-state index is 12.0. The monoisotopic (exact) mass is 303 g/mol. The Kier molecular flexibility index (Phi) is 4.80. The highest BCUT2D eigenvalue weighted by atomic mass is 16.5. The van der Waals surface area contributed by atoms with Gasteiger partial charge in [0, 0.05) is 23.9 Å². The number of amides is 1. The molecule has 0 saturated heterocycles. The summed E-state index contributed by atoms with van der Waals surface area (Å²) in [6, 6.07) is 6.95. The van der Waals surface area contributed by atoms with E-state index < -0.39 is 0 Å². The number of carbonyl (C=O) groups is 1. The van der Waals surface area contributed by atoms with Crippen LogP contribution in [0.15, 0.2) is 28.8 Å². The molecule has 0 spiro atoms. The number of hydrogen-bond acceptors (Lipinski definition) is 5. The van der Waals surface area contributed by atoms with Crippen molar-refractivity contribution in [3.05, 3.63) is 41.5 Å². The lowest BCUT2D eigenvalue weighted by molar-refractivity contribution is 0.0954. The van der Waals surface area contributed by atoms with Gasteiger partial charge in [0.2, 0.25) is 5.89 Å². The Morgan fingerprint density at radius 3 is 2.50 bits per heavy atom. The number of nitrogens with zero attached hydrogens (tertiary/aromatic N) is 2. The van der Waals surface area contributed by atoms with Crippen molar-refractivity contribution in [1.82, 2.24) is 15.5 Å². The van der Waals surface area contributed by atoms with Gasteiger partial charge in [0.05, 0.1) is 7.11 Å². The molecule has 0 radical (unpaired) electrons. The van der Waals surface area contributed by atoms with Crippen LogP contribution in [-0.2, 0) is 11.8 Å². The number of rotatable bonds is 5. The minimum absolute atomic E-state index is 0.137. The third kappa shape index (κ3) is 4.07. The van der Waals surface area contributed by atoms with Gasteiger partial charge in [-0.25, -0.2) is 0 Å². The van der Waals surface area contributed by atoms with E-state index in [1.54, 1.807) is 31.4 Å². The first-order chi connectivity index (χ1) is 10.4. The molecule has 0 saturated carbocycles. The average molecular weight is 303 g/mol. The van der Waals surface area contributed by atoms with Crippen molar-refractivity contribution in [1.29, 1.82) is 0 Å². The number of aromatic nitrogens is 2. The Morgan fingerprint density at radius 1 is 1.27 bits per heavy atom. The zero-order valence-electron chi connectivity index (χ0n) is 13.3. The van der Waals surface area contributed by atoms with Crippen molar-refractivity contribution in [2.45, 2.75) is 32.6 Å². The highest BCUT2D eigenvalue weighted by Crippen LogP contribution is 2.19. The van der Waals surface area contributed by atoms with Crippen LogP contribution < -0.4 is 10.1 Å². The van der Waals surface area contributed by atoms with E-state index in [0.717, 1.165) is 5.75 Å². The van der Waals surface area contributed by atoms with E-state index in [1.165, 1.54) is 0 Å². The van der Waals surface area contributed by atoms with Crippen LogP contribution >= 0.6 is 0 Å². The van der Waals surface area contributed by atoms with Crippen LogP contribution in [0.25, 0.3) is 0 Å². The lowest BCUT2D eigenvalue weighted by atomic mass is 9.97. The van der Waals surface area contributed by atoms with Gasteiger partial charge in [-0.3, -0.25) is 4.79 Å². The molecule has 6 heteroatoms. The standard InChI is InChI=1S/C16H21N3O3/c1-16(2,3)15-18-13(19-22-15)9-10-17-14(20)11-5-7-12(21-4)8-6-11/h5-8H,9-10H2,1-4H3,(H,17,20). The summed E-state index contributed by atoms with van der Waals surface area (Å²) >= 11 is 0. The van der Waals surface area contributed by atoms with Gasteiger partial charge in [0.25, 0.3) is 5.91 Å². The molecule has 0 atom stereocenters. The van der Waals surface area contributed by atoms with Crippen LogP contribution in [0, 0.1) is 0 Å². The number of nitrogens with one attached hydrogen (secondary N) is 1. The average Bonchev–Trinajstić information content (AvgIpc) is 2.96. The first-order valence-corrected chi connectivity index (χ1v) is 7.15. The molecule has 0 aliphatic rings. The van der Waals surface area contributed by atoms with Crippen LogP contribution in [0.4, 0.5) is 0 Å². The van der Waals surface area contributed by atoms with Crippen molar-refractivity contribution in [2.24, 2.45) is 0 Å². The fraction of sp³-hybridized carbons (Fsp3) is 0.438. The molecular weight excluding hydrogens is 282 g/mol. The molecular formula is C16H21N3O3. The summed E-state index contributed by atoms with van der Waals surface area (Å²) in [5.41, 5.74) is 0.418. The molecule has 2 aromatic rings. The minimum atomic E-state index is -0.169. The van der Waals surface area contributed by atoms with Crippen molar-refractivity contribution < 1.29 is 14.1 Å². The van der Waals surface area contributed by atoms with E-state index in [0.29, 0.717) is 30.2 Å². The molecule has 1 heterocycles. The van der Waals surface area contributed by atoms with Crippen molar-refractivity contribution in [3.63, 3.8) is 0 Å². The van der Waals surface area contributed by atoms with Gasteiger partial charge in [0.15, 0.2) is 5.82 Å². The molecule has 2 rings (SSSR count). The largest absolute Gasteiger partial charge is 0.497 e. The zero-order chi connectivity index (χ0) is 16.2. The maximum Gasteiger partial charge on any atom is 0.251 e. The third-order valence-corrected chi connectivity index (χ3v) is 3.10. The van der Waals surface area contributed by atoms with Crippen LogP contribution in [0.1, 0.15) is 42.8 Å². The zero-order valence-corrected chi connectivity index (χ0v) is 13.3. The van der Waals surface area contributed by atoms with E-state index in [-0.39, 0.29) is 11.3 Å². The molecule has 1 N–H and O–H groups in total. The van der Waals surface area contributed by atoms with Gasteiger partial charge in [0.1, 0.15) is 5.75 Å². The van der Waals surface area contributed by atoms with E-state index in [2.05, 4.69) is 15.5 Å². The van der Waals surface area contributed by atoms with E-state index in [1.807, 2.05) is 20.8 Å². The molecule has 22 heavy (non-hydrogen) atoms. The maximum absolute atomic E-state index is 12.0. The molecule has 1 aromatic carbocycles. The van der Waals surface area contributed by atoms with Gasteiger partial charge in [-0.05, 0) is 24.3 Å². The van der Waals surface area contributed by atoms with Crippen molar-refractivity contribution in [2.75, 3.05) is 13.7 Å². The summed E-state index contributed by atoms with van der Waals surface area (Å²) in [5, 5.41) is 6.75. The summed E-state index contributed by atoms with van der Waals surface area (Å²) in [6.45, 7) is 6.48.